The van der Waals surface area contributed by atoms with Crippen molar-refractivity contribution in [3.63, 3.8) is 0 Å². The van der Waals surface area contributed by atoms with Crippen molar-refractivity contribution < 1.29 is 0 Å². The summed E-state index contributed by atoms with van der Waals surface area (Å²) in [6.45, 7) is 6.26. The van der Waals surface area contributed by atoms with E-state index in [1.165, 1.54) is 11.1 Å². The minimum absolute atomic E-state index is 0.149. The van der Waals surface area contributed by atoms with Gasteiger partial charge in [-0.1, -0.05) is 36.4 Å². The molecule has 4 aromatic rings. The number of nitrogens with one attached hydrogen (secondary N) is 1. The lowest BCUT2D eigenvalue weighted by molar-refractivity contribution is 0.876. The van der Waals surface area contributed by atoms with Gasteiger partial charge in [0.05, 0.1) is 5.52 Å². The van der Waals surface area contributed by atoms with Gasteiger partial charge in [0, 0.05) is 28.9 Å². The van der Waals surface area contributed by atoms with E-state index < -0.39 is 0 Å². The highest BCUT2D eigenvalue weighted by Gasteiger charge is 2.11. The average molecular weight is 354 g/mol. The number of aromatic nitrogens is 3. The van der Waals surface area contributed by atoms with Crippen molar-refractivity contribution in [2.24, 2.45) is 0 Å². The van der Waals surface area contributed by atoms with E-state index in [9.17, 15) is 0 Å². The number of pyridine rings is 1. The maximum Gasteiger partial charge on any atom is 0.137 e. The Balaban J connectivity index is 1.74. The number of hydrogen-bond donors (Lipinski definition) is 1. The molecule has 0 spiro atoms. The van der Waals surface area contributed by atoms with Crippen molar-refractivity contribution >= 4 is 16.7 Å². The van der Waals surface area contributed by atoms with Gasteiger partial charge in [-0.2, -0.15) is 0 Å². The summed E-state index contributed by atoms with van der Waals surface area (Å²) in [5.74, 6) is 0.843. The Kier molecular flexibility index (Phi) is 4.55. The molecular weight excluding hydrogens is 332 g/mol. The molecule has 2 aromatic heterocycles. The van der Waals surface area contributed by atoms with E-state index in [4.69, 9.17) is 0 Å². The normalized spacial score (nSPS) is 12.1. The van der Waals surface area contributed by atoms with Gasteiger partial charge in [0.15, 0.2) is 0 Å². The molecule has 0 saturated heterocycles. The number of fused-ring (bicyclic) bond motifs is 1. The predicted octanol–water partition coefficient (Wildman–Crippen LogP) is 5.48. The Labute approximate surface area is 159 Å². The molecule has 2 heterocycles. The van der Waals surface area contributed by atoms with Crippen LogP contribution >= 0.6 is 0 Å². The first-order valence-electron chi connectivity index (χ1n) is 9.11. The predicted molar refractivity (Wildman–Crippen MR) is 111 cm³/mol. The van der Waals surface area contributed by atoms with Crippen LogP contribution in [-0.2, 0) is 0 Å². The second kappa shape index (κ2) is 7.16. The fourth-order valence-electron chi connectivity index (χ4n) is 3.18. The summed E-state index contributed by atoms with van der Waals surface area (Å²) in [5, 5.41) is 4.54. The molecule has 0 bridgehead atoms. The first-order chi connectivity index (χ1) is 13.1. The van der Waals surface area contributed by atoms with Crippen LogP contribution < -0.4 is 5.32 Å². The zero-order valence-corrected chi connectivity index (χ0v) is 15.8. The fourth-order valence-corrected chi connectivity index (χ4v) is 3.18. The van der Waals surface area contributed by atoms with Crippen LogP contribution in [0.25, 0.3) is 22.0 Å². The number of anilines is 1. The number of aryl methyl sites for hydroxylation is 2. The van der Waals surface area contributed by atoms with Crippen LogP contribution in [0.3, 0.4) is 0 Å². The monoisotopic (exact) mass is 354 g/mol. The first-order valence-corrected chi connectivity index (χ1v) is 9.11. The van der Waals surface area contributed by atoms with E-state index in [1.807, 2.05) is 25.3 Å². The van der Waals surface area contributed by atoms with Crippen LogP contribution in [0.5, 0.6) is 0 Å². The van der Waals surface area contributed by atoms with Crippen molar-refractivity contribution in [2.45, 2.75) is 26.8 Å². The summed E-state index contributed by atoms with van der Waals surface area (Å²) in [5.41, 5.74) is 6.61. The molecule has 4 nitrogen and oxygen atoms in total. The molecule has 2 aromatic carbocycles. The highest BCUT2D eigenvalue weighted by Crippen LogP contribution is 2.29. The number of benzene rings is 2. The van der Waals surface area contributed by atoms with Crippen molar-refractivity contribution in [1.29, 1.82) is 0 Å². The van der Waals surface area contributed by atoms with Crippen molar-refractivity contribution in [1.82, 2.24) is 15.0 Å². The minimum Gasteiger partial charge on any atom is -0.363 e. The van der Waals surface area contributed by atoms with Crippen molar-refractivity contribution in [2.75, 3.05) is 5.32 Å². The molecule has 27 heavy (non-hydrogen) atoms. The largest absolute Gasteiger partial charge is 0.363 e. The minimum atomic E-state index is 0.149. The second-order valence-corrected chi connectivity index (χ2v) is 6.86. The lowest BCUT2D eigenvalue weighted by atomic mass is 10.0. The second-order valence-electron chi connectivity index (χ2n) is 6.86. The molecule has 0 aliphatic carbocycles. The summed E-state index contributed by atoms with van der Waals surface area (Å²) >= 11 is 0. The van der Waals surface area contributed by atoms with Crippen molar-refractivity contribution in [3.05, 3.63) is 83.9 Å². The number of nitrogens with zero attached hydrogens (tertiary/aromatic N) is 3. The van der Waals surface area contributed by atoms with E-state index in [1.54, 1.807) is 6.33 Å². The lowest BCUT2D eigenvalue weighted by Crippen LogP contribution is -2.08. The summed E-state index contributed by atoms with van der Waals surface area (Å²) < 4.78 is 0. The molecule has 1 N–H and O–H groups in total. The Bertz CT molecular complexity index is 1090. The molecule has 134 valence electrons. The quantitative estimate of drug-likeness (QED) is 0.527. The molecular formula is C23H22N4. The van der Waals surface area contributed by atoms with Gasteiger partial charge in [0.1, 0.15) is 12.1 Å². The van der Waals surface area contributed by atoms with Crippen LogP contribution in [0, 0.1) is 13.8 Å². The SMILES string of the molecule is Cc1cc(-c2ccc3ncnc(NC(C)c4ccccc4)c3c2)cnc1C. The van der Waals surface area contributed by atoms with Gasteiger partial charge >= 0.3 is 0 Å². The lowest BCUT2D eigenvalue weighted by Gasteiger charge is -2.16. The third kappa shape index (κ3) is 3.51. The third-order valence-electron chi connectivity index (χ3n) is 4.96. The van der Waals surface area contributed by atoms with Gasteiger partial charge in [-0.25, -0.2) is 9.97 Å². The average Bonchev–Trinajstić information content (AvgIpc) is 2.70. The Hall–Kier alpha value is -3.27. The van der Waals surface area contributed by atoms with Crippen LogP contribution in [0.15, 0.2) is 67.1 Å². The van der Waals surface area contributed by atoms with Gasteiger partial charge in [0.2, 0.25) is 0 Å². The zero-order chi connectivity index (χ0) is 18.8. The molecule has 0 radical (unpaired) electrons. The summed E-state index contributed by atoms with van der Waals surface area (Å²) in [6, 6.07) is 19.0. The van der Waals surface area contributed by atoms with E-state index >= 15 is 0 Å². The number of rotatable bonds is 4. The van der Waals surface area contributed by atoms with Crippen LogP contribution in [-0.4, -0.2) is 15.0 Å². The summed E-state index contributed by atoms with van der Waals surface area (Å²) in [6.07, 6.45) is 3.53. The zero-order valence-electron chi connectivity index (χ0n) is 15.8. The smallest absolute Gasteiger partial charge is 0.137 e. The van der Waals surface area contributed by atoms with Gasteiger partial charge in [-0.05, 0) is 55.7 Å². The topological polar surface area (TPSA) is 50.7 Å². The van der Waals surface area contributed by atoms with Crippen LogP contribution in [0.1, 0.15) is 29.8 Å². The molecule has 1 atom stereocenters. The molecule has 4 rings (SSSR count). The molecule has 4 heteroatoms. The fraction of sp³-hybridized carbons (Fsp3) is 0.174. The Morgan fingerprint density at radius 2 is 1.67 bits per heavy atom. The van der Waals surface area contributed by atoms with E-state index in [0.717, 1.165) is 33.5 Å². The molecule has 0 saturated carbocycles. The summed E-state index contributed by atoms with van der Waals surface area (Å²) in [4.78, 5) is 13.4. The molecule has 0 amide bonds. The maximum absolute atomic E-state index is 4.50. The van der Waals surface area contributed by atoms with E-state index in [0.29, 0.717) is 0 Å². The van der Waals surface area contributed by atoms with Gasteiger partial charge in [0.25, 0.3) is 0 Å². The summed E-state index contributed by atoms with van der Waals surface area (Å²) in [7, 11) is 0. The molecule has 0 fully saturated rings. The van der Waals surface area contributed by atoms with Crippen molar-refractivity contribution in [3.8, 4) is 11.1 Å². The van der Waals surface area contributed by atoms with E-state index in [-0.39, 0.29) is 6.04 Å². The standard InChI is InChI=1S/C23H22N4/c1-15-11-20(13-24-16(15)2)19-9-10-22-21(12-19)23(26-14-25-22)27-17(3)18-7-5-4-6-8-18/h4-14,17H,1-3H3,(H,25,26,27). The molecule has 0 aliphatic heterocycles. The van der Waals surface area contributed by atoms with E-state index in [2.05, 4.69) is 76.6 Å². The van der Waals surface area contributed by atoms with Crippen LogP contribution in [0.4, 0.5) is 5.82 Å². The highest BCUT2D eigenvalue weighted by atomic mass is 15.0. The van der Waals surface area contributed by atoms with Gasteiger partial charge < -0.3 is 5.32 Å². The Morgan fingerprint density at radius 1 is 0.852 bits per heavy atom. The highest BCUT2D eigenvalue weighted by molar-refractivity contribution is 5.92. The van der Waals surface area contributed by atoms with Gasteiger partial charge in [-0.3, -0.25) is 4.98 Å². The first kappa shape index (κ1) is 17.2. The van der Waals surface area contributed by atoms with Gasteiger partial charge in [-0.15, -0.1) is 0 Å². The Morgan fingerprint density at radius 3 is 2.44 bits per heavy atom. The molecule has 0 aliphatic rings. The molecule has 1 unspecified atom stereocenters. The van der Waals surface area contributed by atoms with Crippen LogP contribution in [0.2, 0.25) is 0 Å². The number of hydrogen-bond acceptors (Lipinski definition) is 4. The third-order valence-corrected chi connectivity index (χ3v) is 4.96. The maximum atomic E-state index is 4.50.